The number of anilines is 2. The van der Waals surface area contributed by atoms with Gasteiger partial charge in [0.1, 0.15) is 11.5 Å². The van der Waals surface area contributed by atoms with Crippen LogP contribution in [0.3, 0.4) is 0 Å². The molecule has 0 aliphatic carbocycles. The molecule has 32 heavy (non-hydrogen) atoms. The first-order valence-corrected chi connectivity index (χ1v) is 10.3. The molecular weight excluding hydrogens is 409 g/mol. The number of halogens is 1. The summed E-state index contributed by atoms with van der Waals surface area (Å²) in [5.74, 6) is -1.97. The minimum absolute atomic E-state index is 0.0920. The monoisotopic (exact) mass is 433 g/mol. The van der Waals surface area contributed by atoms with E-state index in [0.29, 0.717) is 6.42 Å². The third-order valence-electron chi connectivity index (χ3n) is 5.93. The number of aromatic carboxylic acids is 1. The minimum atomic E-state index is -0.956. The van der Waals surface area contributed by atoms with Crippen LogP contribution in [-0.2, 0) is 6.42 Å². The Morgan fingerprint density at radius 1 is 1.16 bits per heavy atom. The van der Waals surface area contributed by atoms with Crippen molar-refractivity contribution in [2.45, 2.75) is 26.3 Å². The highest BCUT2D eigenvalue weighted by molar-refractivity contribution is 6.02. The summed E-state index contributed by atoms with van der Waals surface area (Å²) in [4.78, 5) is 30.0. The van der Waals surface area contributed by atoms with E-state index in [2.05, 4.69) is 29.0 Å². The molecule has 2 N–H and O–H groups in total. The Balaban J connectivity index is 1.69. The molecule has 2 aromatic carbocycles. The van der Waals surface area contributed by atoms with E-state index in [-0.39, 0.29) is 28.4 Å². The summed E-state index contributed by atoms with van der Waals surface area (Å²) in [6.45, 7) is 4.19. The van der Waals surface area contributed by atoms with Crippen molar-refractivity contribution in [2.75, 3.05) is 17.3 Å². The normalized spacial score (nSPS) is 16.9. The lowest BCUT2D eigenvalue weighted by molar-refractivity contribution is 0.0696. The molecule has 0 spiro atoms. The second-order valence-electron chi connectivity index (χ2n) is 8.74. The molecule has 7 heteroatoms. The molecule has 4 rings (SSSR count). The van der Waals surface area contributed by atoms with Gasteiger partial charge in [-0.2, -0.15) is 0 Å². The van der Waals surface area contributed by atoms with E-state index in [1.807, 2.05) is 13.1 Å². The number of rotatable bonds is 4. The number of aromatic nitrogens is 1. The average Bonchev–Trinajstić information content (AvgIpc) is 2.75. The standard InChI is InChI=1S/C25H24FN3O3/c1-25(2)14-17-12-16(24(31)32)8-10-21(17)29(3)22(25)15-7-9-18(26)20(13-15)28-23(30)19-6-4-5-11-27-19/h4-13,22H,14H2,1-3H3,(H,28,30)(H,31,32). The van der Waals surface area contributed by atoms with Crippen molar-refractivity contribution < 1.29 is 19.1 Å². The molecule has 164 valence electrons. The average molecular weight is 433 g/mol. The Morgan fingerprint density at radius 3 is 2.62 bits per heavy atom. The van der Waals surface area contributed by atoms with E-state index < -0.39 is 17.7 Å². The number of fused-ring (bicyclic) bond motifs is 1. The Kier molecular flexibility index (Phi) is 5.42. The van der Waals surface area contributed by atoms with Gasteiger partial charge < -0.3 is 15.3 Å². The van der Waals surface area contributed by atoms with Crippen molar-refractivity contribution in [3.05, 3.63) is 89.0 Å². The molecule has 1 amide bonds. The van der Waals surface area contributed by atoms with Gasteiger partial charge in [-0.3, -0.25) is 9.78 Å². The first-order valence-electron chi connectivity index (χ1n) is 10.3. The van der Waals surface area contributed by atoms with Crippen LogP contribution in [0, 0.1) is 11.2 Å². The highest BCUT2D eigenvalue weighted by Gasteiger charge is 2.40. The van der Waals surface area contributed by atoms with Crippen LogP contribution in [-0.4, -0.2) is 29.0 Å². The zero-order valence-corrected chi connectivity index (χ0v) is 18.1. The number of benzene rings is 2. The molecule has 0 saturated heterocycles. The zero-order chi connectivity index (χ0) is 23.0. The Morgan fingerprint density at radius 2 is 1.94 bits per heavy atom. The van der Waals surface area contributed by atoms with Gasteiger partial charge in [-0.25, -0.2) is 9.18 Å². The molecule has 6 nitrogen and oxygen atoms in total. The van der Waals surface area contributed by atoms with Gasteiger partial charge in [0.25, 0.3) is 5.91 Å². The summed E-state index contributed by atoms with van der Waals surface area (Å²) in [7, 11) is 1.94. The van der Waals surface area contributed by atoms with Gasteiger partial charge in [-0.1, -0.05) is 26.0 Å². The fourth-order valence-electron chi connectivity index (χ4n) is 4.62. The number of pyridine rings is 1. The lowest BCUT2D eigenvalue weighted by Crippen LogP contribution is -2.41. The van der Waals surface area contributed by atoms with Gasteiger partial charge in [-0.05, 0) is 65.4 Å². The summed E-state index contributed by atoms with van der Waals surface area (Å²) in [5.41, 5.74) is 3.02. The largest absolute Gasteiger partial charge is 0.478 e. The molecule has 0 radical (unpaired) electrons. The molecule has 0 saturated carbocycles. The van der Waals surface area contributed by atoms with E-state index >= 15 is 0 Å². The number of hydrogen-bond acceptors (Lipinski definition) is 4. The van der Waals surface area contributed by atoms with E-state index in [9.17, 15) is 19.1 Å². The smallest absolute Gasteiger partial charge is 0.335 e. The van der Waals surface area contributed by atoms with Crippen LogP contribution < -0.4 is 10.2 Å². The van der Waals surface area contributed by atoms with Crippen molar-refractivity contribution in [3.8, 4) is 0 Å². The first kappa shape index (κ1) is 21.5. The molecule has 1 atom stereocenters. The summed E-state index contributed by atoms with van der Waals surface area (Å²) in [6, 6.07) is 14.7. The van der Waals surface area contributed by atoms with Gasteiger partial charge in [0.15, 0.2) is 0 Å². The lowest BCUT2D eigenvalue weighted by Gasteiger charge is -2.47. The highest BCUT2D eigenvalue weighted by Crippen LogP contribution is 2.48. The number of nitrogens with one attached hydrogen (secondary N) is 1. The van der Waals surface area contributed by atoms with Crippen LogP contribution in [0.1, 0.15) is 51.9 Å². The molecule has 1 unspecified atom stereocenters. The number of carboxylic acid groups (broad SMARTS) is 1. The lowest BCUT2D eigenvalue weighted by atomic mass is 9.71. The number of carbonyl (C=O) groups excluding carboxylic acids is 1. The SMILES string of the molecule is CN1c2ccc(C(=O)O)cc2CC(C)(C)C1c1ccc(F)c(NC(=O)c2ccccn2)c1. The van der Waals surface area contributed by atoms with Gasteiger partial charge in [0.05, 0.1) is 17.3 Å². The van der Waals surface area contributed by atoms with Crippen LogP contribution in [0.15, 0.2) is 60.8 Å². The molecule has 1 aromatic heterocycles. The van der Waals surface area contributed by atoms with Crippen LogP contribution >= 0.6 is 0 Å². The predicted molar refractivity (Wildman–Crippen MR) is 121 cm³/mol. The maximum atomic E-state index is 14.6. The van der Waals surface area contributed by atoms with E-state index in [0.717, 1.165) is 16.8 Å². The topological polar surface area (TPSA) is 82.5 Å². The molecule has 1 aliphatic heterocycles. The van der Waals surface area contributed by atoms with Gasteiger partial charge in [-0.15, -0.1) is 0 Å². The Hall–Kier alpha value is -3.74. The van der Waals surface area contributed by atoms with E-state index in [1.54, 1.807) is 42.5 Å². The number of nitrogens with zero attached hydrogens (tertiary/aromatic N) is 2. The molecule has 3 aromatic rings. The molecule has 0 fully saturated rings. The number of carbonyl (C=O) groups is 2. The third-order valence-corrected chi connectivity index (χ3v) is 5.93. The second-order valence-corrected chi connectivity index (χ2v) is 8.74. The maximum absolute atomic E-state index is 14.6. The molecule has 2 heterocycles. The zero-order valence-electron chi connectivity index (χ0n) is 18.1. The molecule has 1 aliphatic rings. The summed E-state index contributed by atoms with van der Waals surface area (Å²) in [5, 5.41) is 12.0. The predicted octanol–water partition coefficient (Wildman–Crippen LogP) is 4.93. The fourth-order valence-corrected chi connectivity index (χ4v) is 4.62. The van der Waals surface area contributed by atoms with Crippen molar-refractivity contribution in [3.63, 3.8) is 0 Å². The summed E-state index contributed by atoms with van der Waals surface area (Å²) >= 11 is 0. The van der Waals surface area contributed by atoms with Gasteiger partial charge in [0.2, 0.25) is 0 Å². The first-order chi connectivity index (χ1) is 15.2. The van der Waals surface area contributed by atoms with Gasteiger partial charge in [0, 0.05) is 18.9 Å². The number of carboxylic acids is 1. The second kappa shape index (κ2) is 8.07. The summed E-state index contributed by atoms with van der Waals surface area (Å²) < 4.78 is 14.6. The Bertz CT molecular complexity index is 1190. The quantitative estimate of drug-likeness (QED) is 0.610. The van der Waals surface area contributed by atoms with Gasteiger partial charge >= 0.3 is 5.97 Å². The van der Waals surface area contributed by atoms with E-state index in [4.69, 9.17) is 0 Å². The van der Waals surface area contributed by atoms with Crippen LogP contribution in [0.25, 0.3) is 0 Å². The van der Waals surface area contributed by atoms with Crippen molar-refractivity contribution in [2.24, 2.45) is 5.41 Å². The minimum Gasteiger partial charge on any atom is -0.478 e. The highest BCUT2D eigenvalue weighted by atomic mass is 19.1. The third kappa shape index (κ3) is 3.93. The fraction of sp³-hybridized carbons (Fsp3) is 0.240. The molecular formula is C25H24FN3O3. The van der Waals surface area contributed by atoms with Crippen LogP contribution in [0.2, 0.25) is 0 Å². The Labute approximate surface area is 185 Å². The maximum Gasteiger partial charge on any atom is 0.335 e. The van der Waals surface area contributed by atoms with Crippen molar-refractivity contribution in [1.29, 1.82) is 0 Å². The van der Waals surface area contributed by atoms with Crippen molar-refractivity contribution in [1.82, 2.24) is 4.98 Å². The van der Waals surface area contributed by atoms with Crippen LogP contribution in [0.4, 0.5) is 15.8 Å². The number of amides is 1. The van der Waals surface area contributed by atoms with E-state index in [1.165, 1.54) is 12.3 Å². The number of hydrogen-bond donors (Lipinski definition) is 2. The van der Waals surface area contributed by atoms with Crippen molar-refractivity contribution >= 4 is 23.3 Å². The summed E-state index contributed by atoms with van der Waals surface area (Å²) in [6.07, 6.45) is 2.17. The van der Waals surface area contributed by atoms with Crippen LogP contribution in [0.5, 0.6) is 0 Å². The molecule has 0 bridgehead atoms.